The maximum atomic E-state index is 9.83. The van der Waals surface area contributed by atoms with Gasteiger partial charge in [0.15, 0.2) is 0 Å². The van der Waals surface area contributed by atoms with Crippen molar-refractivity contribution in [2.75, 3.05) is 6.61 Å². The SMILES string of the molecule is CC(C)(C)[Si](OCC1CC(N=[N+]=[N-])(O[Si](c2ccccc2)(c2ccccc2)C(C)(C)C)C1)(c1ccccc1)c1ccccc1. The fraction of sp³-hybridized carbons (Fsp3) is 0.351. The average molecular weight is 620 g/mol. The third-order valence-electron chi connectivity index (χ3n) is 9.15. The summed E-state index contributed by atoms with van der Waals surface area (Å²) in [5.74, 6) is 0.209. The highest BCUT2D eigenvalue weighted by molar-refractivity contribution is 7.00. The first kappa shape index (κ1) is 32.0. The fourth-order valence-electron chi connectivity index (χ4n) is 7.17. The molecule has 0 heterocycles. The molecule has 4 aromatic carbocycles. The predicted octanol–water partition coefficient (Wildman–Crippen LogP) is 7.56. The fourth-order valence-corrected chi connectivity index (χ4v) is 16.5. The summed E-state index contributed by atoms with van der Waals surface area (Å²) in [6, 6.07) is 42.6. The Kier molecular flexibility index (Phi) is 9.08. The Balaban J connectivity index is 1.49. The van der Waals surface area contributed by atoms with E-state index in [1.54, 1.807) is 0 Å². The van der Waals surface area contributed by atoms with Crippen LogP contribution in [0.5, 0.6) is 0 Å². The molecule has 0 atom stereocenters. The number of rotatable bonds is 10. The van der Waals surface area contributed by atoms with E-state index in [1.807, 2.05) is 12.1 Å². The van der Waals surface area contributed by atoms with Crippen molar-refractivity contribution in [3.8, 4) is 0 Å². The molecule has 0 aliphatic heterocycles. The van der Waals surface area contributed by atoms with Gasteiger partial charge < -0.3 is 8.85 Å². The Morgan fingerprint density at radius 3 is 1.30 bits per heavy atom. The minimum atomic E-state index is -2.91. The topological polar surface area (TPSA) is 67.2 Å². The first-order valence-electron chi connectivity index (χ1n) is 15.6. The van der Waals surface area contributed by atoms with Gasteiger partial charge in [-0.15, -0.1) is 0 Å². The lowest BCUT2D eigenvalue weighted by Gasteiger charge is -2.54. The van der Waals surface area contributed by atoms with Gasteiger partial charge in [0.25, 0.3) is 16.6 Å². The lowest BCUT2D eigenvalue weighted by atomic mass is 9.78. The van der Waals surface area contributed by atoms with E-state index in [9.17, 15) is 5.53 Å². The van der Waals surface area contributed by atoms with E-state index in [1.165, 1.54) is 20.7 Å². The Labute approximate surface area is 265 Å². The minimum absolute atomic E-state index is 0.104. The van der Waals surface area contributed by atoms with Gasteiger partial charge in [0, 0.05) is 11.5 Å². The Morgan fingerprint density at radius 2 is 0.977 bits per heavy atom. The van der Waals surface area contributed by atoms with Crippen LogP contribution >= 0.6 is 0 Å². The van der Waals surface area contributed by atoms with Crippen molar-refractivity contribution in [1.82, 2.24) is 0 Å². The van der Waals surface area contributed by atoms with Gasteiger partial charge in [-0.25, -0.2) is 0 Å². The Bertz CT molecular complexity index is 1480. The molecule has 1 saturated carbocycles. The highest BCUT2D eigenvalue weighted by Gasteiger charge is 2.58. The second kappa shape index (κ2) is 12.5. The van der Waals surface area contributed by atoms with Crippen LogP contribution in [-0.4, -0.2) is 29.0 Å². The van der Waals surface area contributed by atoms with Crippen molar-refractivity contribution in [2.24, 2.45) is 11.0 Å². The van der Waals surface area contributed by atoms with E-state index in [0.29, 0.717) is 19.4 Å². The maximum Gasteiger partial charge on any atom is 0.262 e. The molecule has 5 nitrogen and oxygen atoms in total. The molecule has 0 unspecified atom stereocenters. The van der Waals surface area contributed by atoms with Crippen LogP contribution in [-0.2, 0) is 8.85 Å². The molecule has 0 bridgehead atoms. The van der Waals surface area contributed by atoms with Crippen molar-refractivity contribution < 1.29 is 8.85 Å². The molecule has 228 valence electrons. The highest BCUT2D eigenvalue weighted by atomic mass is 28.4. The first-order valence-corrected chi connectivity index (χ1v) is 19.4. The molecular weight excluding hydrogens is 575 g/mol. The lowest BCUT2D eigenvalue weighted by molar-refractivity contribution is -0.0657. The molecule has 0 saturated heterocycles. The summed E-state index contributed by atoms with van der Waals surface area (Å²) in [7, 11) is -5.59. The van der Waals surface area contributed by atoms with Gasteiger partial charge in [0.05, 0.1) is 0 Å². The van der Waals surface area contributed by atoms with Crippen molar-refractivity contribution in [3.05, 3.63) is 132 Å². The van der Waals surface area contributed by atoms with Crippen LogP contribution in [0.15, 0.2) is 126 Å². The van der Waals surface area contributed by atoms with Crippen LogP contribution in [0.25, 0.3) is 10.4 Å². The van der Waals surface area contributed by atoms with E-state index in [4.69, 9.17) is 8.85 Å². The predicted molar refractivity (Wildman–Crippen MR) is 187 cm³/mol. The first-order chi connectivity index (χ1) is 21.0. The number of hydrogen-bond acceptors (Lipinski definition) is 3. The largest absolute Gasteiger partial charge is 0.407 e. The highest BCUT2D eigenvalue weighted by Crippen LogP contribution is 2.49. The zero-order valence-corrected chi connectivity index (χ0v) is 28.9. The van der Waals surface area contributed by atoms with Gasteiger partial charge in [-0.1, -0.05) is 168 Å². The number of nitrogens with zero attached hydrogens (tertiary/aromatic N) is 3. The zero-order chi connectivity index (χ0) is 31.5. The van der Waals surface area contributed by atoms with E-state index in [-0.39, 0.29) is 16.0 Å². The molecule has 1 fully saturated rings. The van der Waals surface area contributed by atoms with Crippen molar-refractivity contribution in [3.63, 3.8) is 0 Å². The van der Waals surface area contributed by atoms with Crippen LogP contribution < -0.4 is 20.7 Å². The van der Waals surface area contributed by atoms with Gasteiger partial charge >= 0.3 is 0 Å². The molecule has 0 amide bonds. The molecule has 0 radical (unpaired) electrons. The molecule has 7 heteroatoms. The third-order valence-corrected chi connectivity index (χ3v) is 19.3. The molecule has 0 aromatic heterocycles. The standard InChI is InChI=1S/C37H45N3O2Si2/c1-35(2,3)43(31-19-11-7-12-20-31,32-21-13-8-14-22-32)41-29-30-27-37(28-30,39-40-38)42-44(36(4,5)6,33-23-15-9-16-24-33)34-25-17-10-18-26-34/h7-26,30H,27-29H2,1-6H3. The summed E-state index contributed by atoms with van der Waals surface area (Å²) in [5, 5.41) is 8.99. The Hall–Kier alpha value is -3.46. The minimum Gasteiger partial charge on any atom is -0.407 e. The summed E-state index contributed by atoms with van der Waals surface area (Å²) in [6.07, 6.45) is 1.25. The van der Waals surface area contributed by atoms with E-state index >= 15 is 0 Å². The van der Waals surface area contributed by atoms with Crippen LogP contribution in [0.4, 0.5) is 0 Å². The average Bonchev–Trinajstić information content (AvgIpc) is 3.00. The number of benzene rings is 4. The van der Waals surface area contributed by atoms with E-state index in [0.717, 1.165) is 0 Å². The normalized spacial score (nSPS) is 19.1. The zero-order valence-electron chi connectivity index (χ0n) is 26.9. The monoisotopic (exact) mass is 619 g/mol. The molecule has 1 aliphatic carbocycles. The molecule has 4 aromatic rings. The van der Waals surface area contributed by atoms with Crippen LogP contribution in [0.3, 0.4) is 0 Å². The second-order valence-electron chi connectivity index (χ2n) is 14.1. The van der Waals surface area contributed by atoms with Crippen molar-refractivity contribution in [1.29, 1.82) is 0 Å². The van der Waals surface area contributed by atoms with Gasteiger partial charge in [0.1, 0.15) is 5.72 Å². The van der Waals surface area contributed by atoms with E-state index in [2.05, 4.69) is 161 Å². The molecule has 5 rings (SSSR count). The summed E-state index contributed by atoms with van der Waals surface area (Å²) in [5.41, 5.74) is 8.90. The van der Waals surface area contributed by atoms with Crippen LogP contribution in [0.1, 0.15) is 54.4 Å². The third kappa shape index (κ3) is 5.83. The second-order valence-corrected chi connectivity index (χ2v) is 22.7. The number of hydrogen-bond donors (Lipinski definition) is 0. The van der Waals surface area contributed by atoms with Crippen molar-refractivity contribution >= 4 is 37.4 Å². The van der Waals surface area contributed by atoms with E-state index < -0.39 is 22.4 Å². The Morgan fingerprint density at radius 1 is 0.636 bits per heavy atom. The smallest absolute Gasteiger partial charge is 0.262 e. The quantitative estimate of drug-likeness (QED) is 0.0796. The maximum absolute atomic E-state index is 9.83. The summed E-state index contributed by atoms with van der Waals surface area (Å²) < 4.78 is 14.7. The lowest BCUT2D eigenvalue weighted by Crippen LogP contribution is -2.71. The molecule has 0 spiro atoms. The van der Waals surface area contributed by atoms with Gasteiger partial charge in [0.2, 0.25) is 0 Å². The van der Waals surface area contributed by atoms with Gasteiger partial charge in [-0.05, 0) is 55.1 Å². The summed E-state index contributed by atoms with van der Waals surface area (Å²) >= 11 is 0. The van der Waals surface area contributed by atoms with Crippen LogP contribution in [0.2, 0.25) is 10.1 Å². The molecule has 44 heavy (non-hydrogen) atoms. The molecule has 0 N–H and O–H groups in total. The molecule has 1 aliphatic rings. The van der Waals surface area contributed by atoms with Crippen molar-refractivity contribution in [2.45, 2.75) is 70.2 Å². The molecular formula is C37H45N3O2Si2. The number of azide groups is 1. The van der Waals surface area contributed by atoms with Crippen LogP contribution in [0, 0.1) is 5.92 Å². The van der Waals surface area contributed by atoms with Gasteiger partial charge in [-0.2, -0.15) is 0 Å². The van der Waals surface area contributed by atoms with Gasteiger partial charge in [-0.3, -0.25) is 0 Å². The summed E-state index contributed by atoms with van der Waals surface area (Å²) in [6.45, 7) is 14.3. The summed E-state index contributed by atoms with van der Waals surface area (Å²) in [4.78, 5) is 3.35.